The van der Waals surface area contributed by atoms with E-state index in [1.807, 2.05) is 11.5 Å². The van der Waals surface area contributed by atoms with Crippen molar-refractivity contribution < 1.29 is 14.5 Å². The average molecular weight is 466 g/mol. The quantitative estimate of drug-likeness (QED) is 0.151. The Labute approximate surface area is 195 Å². The van der Waals surface area contributed by atoms with Crippen molar-refractivity contribution in [3.8, 4) is 11.4 Å². The van der Waals surface area contributed by atoms with Gasteiger partial charge in [-0.05, 0) is 49.7 Å². The molecule has 0 saturated heterocycles. The van der Waals surface area contributed by atoms with E-state index in [1.54, 1.807) is 42.5 Å². The molecule has 0 spiro atoms. The van der Waals surface area contributed by atoms with Crippen molar-refractivity contribution in [2.45, 2.75) is 37.2 Å². The standard InChI is InChI=1S/C23H23N5O4S/c1-4-14-27-21(17-8-12-19(13-9-17)28(31)32)25-26-23(27)33-20(5-2)22(30)24-18-10-6-16(7-11-18)15(3)29/h4,6-13,20H,1,5,14H2,2-3H3,(H,24,30)/t20-/m0/s1. The molecule has 0 saturated carbocycles. The number of nitrogens with zero attached hydrogens (tertiary/aromatic N) is 4. The van der Waals surface area contributed by atoms with E-state index in [4.69, 9.17) is 0 Å². The Kier molecular flexibility index (Phi) is 7.73. The van der Waals surface area contributed by atoms with Crippen molar-refractivity contribution >= 4 is 34.8 Å². The molecule has 10 heteroatoms. The Morgan fingerprint density at radius 3 is 2.39 bits per heavy atom. The summed E-state index contributed by atoms with van der Waals surface area (Å²) < 4.78 is 1.82. The Bertz CT molecular complexity index is 1170. The van der Waals surface area contributed by atoms with Gasteiger partial charge in [0, 0.05) is 35.5 Å². The maximum absolute atomic E-state index is 12.9. The molecule has 9 nitrogen and oxygen atoms in total. The largest absolute Gasteiger partial charge is 0.325 e. The molecule has 0 unspecified atom stereocenters. The monoisotopic (exact) mass is 465 g/mol. The number of carbonyl (C=O) groups excluding carboxylic acids is 2. The molecule has 1 N–H and O–H groups in total. The van der Waals surface area contributed by atoms with Gasteiger partial charge in [0.15, 0.2) is 16.8 Å². The Morgan fingerprint density at radius 2 is 1.85 bits per heavy atom. The van der Waals surface area contributed by atoms with Gasteiger partial charge in [-0.2, -0.15) is 0 Å². The number of anilines is 1. The summed E-state index contributed by atoms with van der Waals surface area (Å²) in [5.41, 5.74) is 1.83. The van der Waals surface area contributed by atoms with Crippen molar-refractivity contribution in [3.05, 3.63) is 76.9 Å². The van der Waals surface area contributed by atoms with Crippen LogP contribution in [0.25, 0.3) is 11.4 Å². The number of ketones is 1. The van der Waals surface area contributed by atoms with Gasteiger partial charge >= 0.3 is 0 Å². The highest BCUT2D eigenvalue weighted by atomic mass is 32.2. The number of aromatic nitrogens is 3. The van der Waals surface area contributed by atoms with Crippen LogP contribution in [0.5, 0.6) is 0 Å². The fourth-order valence-electron chi connectivity index (χ4n) is 3.08. The van der Waals surface area contributed by atoms with Crippen LogP contribution in [0.2, 0.25) is 0 Å². The number of thioether (sulfide) groups is 1. The van der Waals surface area contributed by atoms with E-state index >= 15 is 0 Å². The summed E-state index contributed by atoms with van der Waals surface area (Å²) in [4.78, 5) is 34.8. The van der Waals surface area contributed by atoms with Crippen LogP contribution >= 0.6 is 11.8 Å². The normalized spacial score (nSPS) is 11.6. The highest BCUT2D eigenvalue weighted by Crippen LogP contribution is 2.30. The first kappa shape index (κ1) is 23.9. The van der Waals surface area contributed by atoms with E-state index < -0.39 is 10.2 Å². The second kappa shape index (κ2) is 10.7. The molecule has 33 heavy (non-hydrogen) atoms. The van der Waals surface area contributed by atoms with Gasteiger partial charge in [-0.25, -0.2) is 0 Å². The Balaban J connectivity index is 1.80. The van der Waals surface area contributed by atoms with E-state index in [-0.39, 0.29) is 17.4 Å². The maximum atomic E-state index is 12.9. The number of hydrogen-bond acceptors (Lipinski definition) is 7. The highest BCUT2D eigenvalue weighted by Gasteiger charge is 2.23. The number of rotatable bonds is 10. The molecule has 1 atom stereocenters. The summed E-state index contributed by atoms with van der Waals surface area (Å²) in [6.07, 6.45) is 2.25. The van der Waals surface area contributed by atoms with Crippen molar-refractivity contribution in [2.24, 2.45) is 0 Å². The van der Waals surface area contributed by atoms with E-state index in [0.717, 1.165) is 0 Å². The van der Waals surface area contributed by atoms with E-state index in [9.17, 15) is 19.7 Å². The third-order valence-corrected chi connectivity index (χ3v) is 6.18. The number of carbonyl (C=O) groups is 2. The van der Waals surface area contributed by atoms with E-state index in [1.165, 1.54) is 30.8 Å². The zero-order valence-electron chi connectivity index (χ0n) is 18.2. The van der Waals surface area contributed by atoms with Crippen LogP contribution in [0, 0.1) is 10.1 Å². The molecule has 0 aliphatic heterocycles. The average Bonchev–Trinajstić information content (AvgIpc) is 3.20. The third-order valence-electron chi connectivity index (χ3n) is 4.83. The number of nitro groups is 1. The van der Waals surface area contributed by atoms with Gasteiger partial charge in [-0.3, -0.25) is 24.3 Å². The number of non-ortho nitro benzene ring substituents is 1. The molecule has 0 fully saturated rings. The van der Waals surface area contributed by atoms with Gasteiger partial charge in [-0.1, -0.05) is 24.8 Å². The first-order valence-electron chi connectivity index (χ1n) is 10.2. The topological polar surface area (TPSA) is 120 Å². The van der Waals surface area contributed by atoms with Gasteiger partial charge in [0.2, 0.25) is 5.91 Å². The zero-order chi connectivity index (χ0) is 24.0. The zero-order valence-corrected chi connectivity index (χ0v) is 19.0. The number of hydrogen-bond donors (Lipinski definition) is 1. The fourth-order valence-corrected chi connectivity index (χ4v) is 4.04. The molecular weight excluding hydrogens is 442 g/mol. The highest BCUT2D eigenvalue weighted by molar-refractivity contribution is 8.00. The second-order valence-corrected chi connectivity index (χ2v) is 8.32. The van der Waals surface area contributed by atoms with Crippen LogP contribution in [0.3, 0.4) is 0 Å². The Hall–Kier alpha value is -3.79. The van der Waals surface area contributed by atoms with Crippen LogP contribution < -0.4 is 5.32 Å². The minimum Gasteiger partial charge on any atom is -0.325 e. The number of nitrogens with one attached hydrogen (secondary N) is 1. The van der Waals surface area contributed by atoms with Gasteiger partial charge in [0.05, 0.1) is 10.2 Å². The van der Waals surface area contributed by atoms with Crippen LogP contribution in [-0.4, -0.2) is 36.6 Å². The smallest absolute Gasteiger partial charge is 0.269 e. The van der Waals surface area contributed by atoms with Crippen LogP contribution in [0.1, 0.15) is 30.6 Å². The second-order valence-electron chi connectivity index (χ2n) is 7.15. The molecule has 1 heterocycles. The minimum absolute atomic E-state index is 0.0119. The maximum Gasteiger partial charge on any atom is 0.269 e. The Morgan fingerprint density at radius 1 is 1.18 bits per heavy atom. The number of allylic oxidation sites excluding steroid dienone is 1. The van der Waals surface area contributed by atoms with Crippen molar-refractivity contribution in [2.75, 3.05) is 5.32 Å². The predicted octanol–water partition coefficient (Wildman–Crippen LogP) is 4.75. The predicted molar refractivity (Wildman–Crippen MR) is 127 cm³/mol. The number of benzene rings is 2. The molecule has 0 aliphatic rings. The summed E-state index contributed by atoms with van der Waals surface area (Å²) in [7, 11) is 0. The number of Topliss-reactive ketones (excluding diaryl/α,β-unsaturated/α-hetero) is 1. The molecule has 0 radical (unpaired) electrons. The van der Waals surface area contributed by atoms with Gasteiger partial charge in [0.25, 0.3) is 5.69 Å². The minimum atomic E-state index is -0.461. The van der Waals surface area contributed by atoms with Gasteiger partial charge in [0.1, 0.15) is 0 Å². The molecule has 170 valence electrons. The van der Waals surface area contributed by atoms with Gasteiger partial charge < -0.3 is 5.32 Å². The summed E-state index contributed by atoms with van der Waals surface area (Å²) >= 11 is 1.28. The molecule has 1 amide bonds. The van der Waals surface area contributed by atoms with Gasteiger partial charge in [-0.15, -0.1) is 16.8 Å². The molecule has 3 aromatic rings. The number of amides is 1. The molecular formula is C23H23N5O4S. The summed E-state index contributed by atoms with van der Waals surface area (Å²) in [6, 6.07) is 12.8. The van der Waals surface area contributed by atoms with Crippen LogP contribution in [0.15, 0.2) is 66.3 Å². The molecule has 3 rings (SSSR count). The first-order valence-corrected chi connectivity index (χ1v) is 11.1. The summed E-state index contributed by atoms with van der Waals surface area (Å²) in [5.74, 6) is 0.297. The van der Waals surface area contributed by atoms with Crippen LogP contribution in [0.4, 0.5) is 11.4 Å². The lowest BCUT2D eigenvalue weighted by Gasteiger charge is -2.15. The summed E-state index contributed by atoms with van der Waals surface area (Å²) in [5, 5.41) is 22.4. The fraction of sp³-hybridized carbons (Fsp3) is 0.217. The molecule has 1 aromatic heterocycles. The van der Waals surface area contributed by atoms with Crippen molar-refractivity contribution in [1.29, 1.82) is 0 Å². The van der Waals surface area contributed by atoms with Crippen molar-refractivity contribution in [1.82, 2.24) is 14.8 Å². The van der Waals surface area contributed by atoms with E-state index in [0.29, 0.717) is 40.8 Å². The molecule has 0 aliphatic carbocycles. The lowest BCUT2D eigenvalue weighted by Crippen LogP contribution is -2.25. The van der Waals surface area contributed by atoms with Crippen molar-refractivity contribution in [3.63, 3.8) is 0 Å². The lowest BCUT2D eigenvalue weighted by atomic mass is 10.1. The third kappa shape index (κ3) is 5.72. The van der Waals surface area contributed by atoms with Crippen LogP contribution in [-0.2, 0) is 11.3 Å². The van der Waals surface area contributed by atoms with E-state index in [2.05, 4.69) is 22.1 Å². The molecule has 2 aromatic carbocycles. The lowest BCUT2D eigenvalue weighted by molar-refractivity contribution is -0.384. The first-order chi connectivity index (χ1) is 15.8. The molecule has 0 bridgehead atoms. The number of nitro benzene ring substituents is 1. The SMILES string of the molecule is C=CCn1c(S[C@@H](CC)C(=O)Nc2ccc(C(C)=O)cc2)nnc1-c1ccc([N+](=O)[O-])cc1. The summed E-state index contributed by atoms with van der Waals surface area (Å²) in [6.45, 7) is 7.58.